The second-order valence-corrected chi connectivity index (χ2v) is 7.45. The number of benzene rings is 2. The normalized spacial score (nSPS) is 12.3. The number of hydrazine groups is 1. The summed E-state index contributed by atoms with van der Waals surface area (Å²) in [6, 6.07) is 11.8. The van der Waals surface area contributed by atoms with Crippen molar-refractivity contribution in [2.24, 2.45) is 11.6 Å². The van der Waals surface area contributed by atoms with Crippen LogP contribution >= 0.6 is 27.5 Å². The van der Waals surface area contributed by atoms with Gasteiger partial charge in [-0.05, 0) is 49.4 Å². The van der Waals surface area contributed by atoms with Gasteiger partial charge in [0.05, 0.1) is 17.1 Å². The van der Waals surface area contributed by atoms with Gasteiger partial charge in [0.1, 0.15) is 5.82 Å². The molecule has 0 bridgehead atoms. The standard InChI is InChI=1S/C19H16BrClF3N5/c1-11-27-18(19(22,23)24)10-28(11)16-7-2-12(20)8-15(16)17(9-25)29(26)14-5-3-13(21)4-6-14/h2-10H,25-26H2,1H3/b17-9-. The molecular weight excluding hydrogens is 471 g/mol. The minimum absolute atomic E-state index is 0.173. The van der Waals surface area contributed by atoms with Gasteiger partial charge in [0, 0.05) is 27.5 Å². The van der Waals surface area contributed by atoms with Crippen molar-refractivity contribution in [1.82, 2.24) is 9.55 Å². The Bertz CT molecular complexity index is 1060. The Kier molecular flexibility index (Phi) is 5.92. The first-order valence-electron chi connectivity index (χ1n) is 8.27. The van der Waals surface area contributed by atoms with Crippen LogP contribution in [0.2, 0.25) is 5.02 Å². The zero-order chi connectivity index (χ0) is 21.3. The smallest absolute Gasteiger partial charge is 0.403 e. The number of hydrogen-bond donors (Lipinski definition) is 2. The maximum absolute atomic E-state index is 13.1. The zero-order valence-electron chi connectivity index (χ0n) is 15.1. The minimum atomic E-state index is -4.55. The number of nitrogens with two attached hydrogens (primary N) is 2. The van der Waals surface area contributed by atoms with Crippen LogP contribution in [0.1, 0.15) is 17.1 Å². The SMILES string of the molecule is Cc1nc(C(F)(F)F)cn1-c1ccc(Br)cc1/C(=C/N)N(N)c1ccc(Cl)cc1. The van der Waals surface area contributed by atoms with Crippen LogP contribution in [0.5, 0.6) is 0 Å². The molecule has 1 heterocycles. The molecule has 0 aliphatic heterocycles. The molecule has 0 spiro atoms. The van der Waals surface area contributed by atoms with E-state index in [0.717, 1.165) is 6.20 Å². The van der Waals surface area contributed by atoms with Gasteiger partial charge in [0.15, 0.2) is 5.69 Å². The fraction of sp³-hybridized carbons (Fsp3) is 0.105. The molecule has 4 N–H and O–H groups in total. The van der Waals surface area contributed by atoms with Crippen molar-refractivity contribution in [3.8, 4) is 5.69 Å². The largest absolute Gasteiger partial charge is 0.434 e. The number of nitrogens with zero attached hydrogens (tertiary/aromatic N) is 3. The third-order valence-electron chi connectivity index (χ3n) is 4.19. The van der Waals surface area contributed by atoms with E-state index in [-0.39, 0.29) is 5.82 Å². The molecule has 1 aromatic heterocycles. The minimum Gasteiger partial charge on any atom is -0.403 e. The molecule has 5 nitrogen and oxygen atoms in total. The van der Waals surface area contributed by atoms with Crippen LogP contribution in [-0.4, -0.2) is 9.55 Å². The third kappa shape index (κ3) is 4.42. The number of anilines is 1. The first kappa shape index (κ1) is 21.2. The van der Waals surface area contributed by atoms with Gasteiger partial charge in [-0.1, -0.05) is 27.5 Å². The van der Waals surface area contributed by atoms with Crippen molar-refractivity contribution < 1.29 is 13.2 Å². The first-order chi connectivity index (χ1) is 13.6. The Morgan fingerprint density at radius 2 is 1.86 bits per heavy atom. The molecule has 0 amide bonds. The number of aryl methyl sites for hydroxylation is 1. The van der Waals surface area contributed by atoms with E-state index in [4.69, 9.17) is 23.2 Å². The summed E-state index contributed by atoms with van der Waals surface area (Å²) in [6.07, 6.45) is -2.32. The van der Waals surface area contributed by atoms with E-state index < -0.39 is 11.9 Å². The summed E-state index contributed by atoms with van der Waals surface area (Å²) >= 11 is 9.31. The summed E-state index contributed by atoms with van der Waals surface area (Å²) in [6.45, 7) is 1.49. The summed E-state index contributed by atoms with van der Waals surface area (Å²) in [5.74, 6) is 6.44. The average molecular weight is 487 g/mol. The van der Waals surface area contributed by atoms with Gasteiger partial charge < -0.3 is 10.3 Å². The first-order valence-corrected chi connectivity index (χ1v) is 9.44. The molecular formula is C19H16BrClF3N5. The molecule has 10 heteroatoms. The van der Waals surface area contributed by atoms with Crippen molar-refractivity contribution in [1.29, 1.82) is 0 Å². The summed E-state index contributed by atoms with van der Waals surface area (Å²) in [4.78, 5) is 3.64. The Labute approximate surface area is 178 Å². The molecule has 3 rings (SSSR count). The molecule has 0 fully saturated rings. The van der Waals surface area contributed by atoms with Gasteiger partial charge in [-0.2, -0.15) is 13.2 Å². The van der Waals surface area contributed by atoms with Gasteiger partial charge >= 0.3 is 6.18 Å². The fourth-order valence-electron chi connectivity index (χ4n) is 2.82. The quantitative estimate of drug-likeness (QED) is 0.390. The maximum Gasteiger partial charge on any atom is 0.434 e. The van der Waals surface area contributed by atoms with Gasteiger partial charge in [0.25, 0.3) is 0 Å². The van der Waals surface area contributed by atoms with E-state index in [1.54, 1.807) is 42.5 Å². The Morgan fingerprint density at radius 1 is 1.21 bits per heavy atom. The monoisotopic (exact) mass is 485 g/mol. The lowest BCUT2D eigenvalue weighted by Crippen LogP contribution is -2.30. The van der Waals surface area contributed by atoms with Gasteiger partial charge in [-0.3, -0.25) is 5.01 Å². The lowest BCUT2D eigenvalue weighted by molar-refractivity contribution is -0.141. The average Bonchev–Trinajstić information content (AvgIpc) is 3.05. The predicted octanol–water partition coefficient (Wildman–Crippen LogP) is 5.25. The van der Waals surface area contributed by atoms with Gasteiger partial charge in [-0.15, -0.1) is 0 Å². The highest BCUT2D eigenvalue weighted by molar-refractivity contribution is 9.10. The van der Waals surface area contributed by atoms with E-state index in [2.05, 4.69) is 20.9 Å². The molecule has 0 saturated carbocycles. The molecule has 0 atom stereocenters. The van der Waals surface area contributed by atoms with Crippen LogP contribution in [0, 0.1) is 6.92 Å². The van der Waals surface area contributed by atoms with Gasteiger partial charge in [-0.25, -0.2) is 10.8 Å². The van der Waals surface area contributed by atoms with Crippen LogP contribution < -0.4 is 16.6 Å². The Morgan fingerprint density at radius 3 is 2.41 bits per heavy atom. The third-order valence-corrected chi connectivity index (χ3v) is 4.93. The van der Waals surface area contributed by atoms with E-state index in [9.17, 15) is 13.2 Å². The summed E-state index contributed by atoms with van der Waals surface area (Å²) in [5.41, 5.74) is 6.79. The van der Waals surface area contributed by atoms with Gasteiger partial charge in [0.2, 0.25) is 0 Å². The van der Waals surface area contributed by atoms with Crippen LogP contribution in [0.25, 0.3) is 11.4 Å². The highest BCUT2D eigenvalue weighted by Crippen LogP contribution is 2.33. The molecule has 29 heavy (non-hydrogen) atoms. The van der Waals surface area contributed by atoms with Crippen LogP contribution in [0.3, 0.4) is 0 Å². The molecule has 0 saturated heterocycles. The van der Waals surface area contributed by atoms with Crippen LogP contribution in [-0.2, 0) is 6.18 Å². The number of aromatic nitrogens is 2. The fourth-order valence-corrected chi connectivity index (χ4v) is 3.30. The molecule has 0 aliphatic carbocycles. The van der Waals surface area contributed by atoms with Crippen molar-refractivity contribution in [3.05, 3.63) is 81.4 Å². The molecule has 152 valence electrons. The van der Waals surface area contributed by atoms with Crippen molar-refractivity contribution in [2.75, 3.05) is 5.01 Å². The molecule has 0 radical (unpaired) electrons. The topological polar surface area (TPSA) is 73.1 Å². The number of rotatable bonds is 4. The highest BCUT2D eigenvalue weighted by Gasteiger charge is 2.34. The van der Waals surface area contributed by atoms with Crippen LogP contribution in [0.4, 0.5) is 18.9 Å². The molecule has 0 aliphatic rings. The van der Waals surface area contributed by atoms with Crippen LogP contribution in [0.15, 0.2) is 59.3 Å². The summed E-state index contributed by atoms with van der Waals surface area (Å²) in [5, 5.41) is 1.87. The molecule has 2 aromatic carbocycles. The molecule has 3 aromatic rings. The summed E-state index contributed by atoms with van der Waals surface area (Å²) in [7, 11) is 0. The molecule has 0 unspecified atom stereocenters. The Balaban J connectivity index is 2.14. The number of halogens is 5. The lowest BCUT2D eigenvalue weighted by Gasteiger charge is -2.24. The lowest BCUT2D eigenvalue weighted by atomic mass is 10.1. The van der Waals surface area contributed by atoms with Crippen molar-refractivity contribution in [2.45, 2.75) is 13.1 Å². The second-order valence-electron chi connectivity index (χ2n) is 6.10. The highest BCUT2D eigenvalue weighted by atomic mass is 79.9. The van der Waals surface area contributed by atoms with E-state index in [1.165, 1.54) is 22.7 Å². The Hall–Kier alpha value is -2.49. The maximum atomic E-state index is 13.1. The zero-order valence-corrected chi connectivity index (χ0v) is 17.4. The number of imidazole rings is 1. The van der Waals surface area contributed by atoms with Crippen molar-refractivity contribution >= 4 is 38.9 Å². The summed E-state index contributed by atoms with van der Waals surface area (Å²) < 4.78 is 41.4. The number of hydrogen-bond acceptors (Lipinski definition) is 4. The van der Waals surface area contributed by atoms with E-state index in [0.29, 0.717) is 32.1 Å². The number of alkyl halides is 3. The van der Waals surface area contributed by atoms with E-state index >= 15 is 0 Å². The van der Waals surface area contributed by atoms with Crippen molar-refractivity contribution in [3.63, 3.8) is 0 Å². The van der Waals surface area contributed by atoms with E-state index in [1.807, 2.05) is 0 Å². The second kappa shape index (κ2) is 8.10. The predicted molar refractivity (Wildman–Crippen MR) is 111 cm³/mol.